The number of aromatic nitrogens is 3. The number of nitrogens with zero attached hydrogens (tertiary/aromatic N) is 4. The van der Waals surface area contributed by atoms with Crippen molar-refractivity contribution in [2.45, 2.75) is 37.4 Å². The molecule has 210 valence electrons. The van der Waals surface area contributed by atoms with E-state index in [1.807, 2.05) is 24.4 Å². The average molecular weight is 554 g/mol. The summed E-state index contributed by atoms with van der Waals surface area (Å²) in [6.07, 6.45) is -0.825. The van der Waals surface area contributed by atoms with Crippen LogP contribution in [0.3, 0.4) is 0 Å². The number of aliphatic carboxylic acids is 2. The second-order valence-electron chi connectivity index (χ2n) is 8.11. The van der Waals surface area contributed by atoms with Gasteiger partial charge in [0.15, 0.2) is 0 Å². The molecule has 0 aliphatic carbocycles. The van der Waals surface area contributed by atoms with E-state index < -0.39 is 24.3 Å². The number of carboxylic acids is 2. The molecule has 2 aromatic heterocycles. The topological polar surface area (TPSA) is 135 Å². The van der Waals surface area contributed by atoms with E-state index in [0.717, 1.165) is 50.7 Å². The molecule has 0 amide bonds. The van der Waals surface area contributed by atoms with E-state index in [-0.39, 0.29) is 5.60 Å². The summed E-state index contributed by atoms with van der Waals surface area (Å²) in [5.41, 5.74) is 1.09. The lowest BCUT2D eigenvalue weighted by atomic mass is 9.79. The van der Waals surface area contributed by atoms with Crippen molar-refractivity contribution < 1.29 is 55.6 Å². The summed E-state index contributed by atoms with van der Waals surface area (Å²) in [7, 11) is 0. The zero-order valence-electron chi connectivity index (χ0n) is 19.7. The van der Waals surface area contributed by atoms with E-state index >= 15 is 0 Å². The van der Waals surface area contributed by atoms with Gasteiger partial charge in [0, 0.05) is 38.0 Å². The Bertz CT molecular complexity index is 996. The molecule has 0 bridgehead atoms. The Morgan fingerprint density at radius 2 is 1.61 bits per heavy atom. The maximum Gasteiger partial charge on any atom is 0.490 e. The highest BCUT2D eigenvalue weighted by molar-refractivity contribution is 5.73. The zero-order chi connectivity index (χ0) is 28.4. The fourth-order valence-electron chi connectivity index (χ4n) is 3.64. The van der Waals surface area contributed by atoms with Gasteiger partial charge in [-0.05, 0) is 36.5 Å². The molecule has 1 atom stereocenters. The summed E-state index contributed by atoms with van der Waals surface area (Å²) < 4.78 is 75.4. The van der Waals surface area contributed by atoms with Gasteiger partial charge in [-0.3, -0.25) is 4.98 Å². The monoisotopic (exact) mass is 554 g/mol. The van der Waals surface area contributed by atoms with Crippen molar-refractivity contribution in [3.8, 4) is 0 Å². The van der Waals surface area contributed by atoms with Crippen molar-refractivity contribution in [1.82, 2.24) is 15.0 Å². The number of carboxylic acid groups (broad SMARTS) is 2. The molecule has 10 nitrogen and oxygen atoms in total. The minimum atomic E-state index is -5.08. The van der Waals surface area contributed by atoms with Crippen LogP contribution in [0, 0.1) is 5.92 Å². The molecule has 38 heavy (non-hydrogen) atoms. The number of ether oxygens (including phenoxy) is 2. The molecule has 0 saturated carbocycles. The number of carbonyl (C=O) groups is 2. The van der Waals surface area contributed by atoms with Crippen LogP contribution in [0.4, 0.5) is 32.3 Å². The van der Waals surface area contributed by atoms with Crippen LogP contribution in [0.15, 0.2) is 43.0 Å². The lowest BCUT2D eigenvalue weighted by Crippen LogP contribution is -2.65. The van der Waals surface area contributed by atoms with Crippen LogP contribution in [0.5, 0.6) is 0 Å². The molecule has 2 saturated heterocycles. The van der Waals surface area contributed by atoms with Crippen molar-refractivity contribution in [2.24, 2.45) is 5.92 Å². The predicted octanol–water partition coefficient (Wildman–Crippen LogP) is 3.34. The summed E-state index contributed by atoms with van der Waals surface area (Å²) in [5.74, 6) is -4.17. The highest BCUT2D eigenvalue weighted by Crippen LogP contribution is 2.42. The second kappa shape index (κ2) is 13.3. The van der Waals surface area contributed by atoms with Crippen molar-refractivity contribution in [1.29, 1.82) is 0 Å². The molecule has 4 heterocycles. The molecule has 4 rings (SSSR count). The number of alkyl halides is 6. The molecular weight excluding hydrogens is 530 g/mol. The van der Waals surface area contributed by atoms with E-state index in [2.05, 4.69) is 19.9 Å². The molecule has 2 aromatic rings. The fraction of sp³-hybridized carbons (Fsp3) is 0.500. The molecule has 2 fully saturated rings. The van der Waals surface area contributed by atoms with Crippen LogP contribution < -0.4 is 4.90 Å². The van der Waals surface area contributed by atoms with Gasteiger partial charge in [-0.15, -0.1) is 0 Å². The fourth-order valence-corrected chi connectivity index (χ4v) is 3.64. The van der Waals surface area contributed by atoms with E-state index in [1.54, 1.807) is 18.6 Å². The van der Waals surface area contributed by atoms with Gasteiger partial charge in [0.2, 0.25) is 5.95 Å². The van der Waals surface area contributed by atoms with Crippen molar-refractivity contribution in [3.63, 3.8) is 0 Å². The Hall–Kier alpha value is -3.53. The normalized spacial score (nSPS) is 17.9. The standard InChI is InChI=1S/C18H22N4O2.2C2HF3O2/c1-3-15(11-19-6-1)12-23-9-4-16-5-10-24-18(16)13-22(14-18)17-20-7-2-8-21-17;2*3-2(4,5)1(6)7/h1-3,6-8,11,16H,4-5,9-10,12-14H2;2*(H,6,7). The average Bonchev–Trinajstić information content (AvgIpc) is 3.26. The number of pyridine rings is 1. The van der Waals surface area contributed by atoms with Gasteiger partial charge in [-0.1, -0.05) is 6.07 Å². The summed E-state index contributed by atoms with van der Waals surface area (Å²) in [6, 6.07) is 5.82. The number of halogens is 6. The van der Waals surface area contributed by atoms with E-state index in [9.17, 15) is 26.3 Å². The van der Waals surface area contributed by atoms with E-state index in [0.29, 0.717) is 12.5 Å². The molecular formula is C22H24F6N4O6. The predicted molar refractivity (Wildman–Crippen MR) is 117 cm³/mol. The molecule has 1 spiro atoms. The lowest BCUT2D eigenvalue weighted by Gasteiger charge is -2.50. The first-order chi connectivity index (χ1) is 17.7. The molecule has 2 aliphatic heterocycles. The van der Waals surface area contributed by atoms with Crippen LogP contribution in [-0.2, 0) is 25.7 Å². The van der Waals surface area contributed by atoms with E-state index in [1.165, 1.54) is 0 Å². The third-order valence-electron chi connectivity index (χ3n) is 5.44. The maximum absolute atomic E-state index is 10.6. The number of anilines is 1. The number of hydrogen-bond acceptors (Lipinski definition) is 8. The van der Waals surface area contributed by atoms with Crippen molar-refractivity contribution >= 4 is 17.9 Å². The molecule has 16 heteroatoms. The maximum atomic E-state index is 10.6. The van der Waals surface area contributed by atoms with Gasteiger partial charge in [0.1, 0.15) is 5.60 Å². The van der Waals surface area contributed by atoms with Crippen LogP contribution in [0.25, 0.3) is 0 Å². The van der Waals surface area contributed by atoms with Crippen LogP contribution in [-0.4, -0.2) is 81.4 Å². The van der Waals surface area contributed by atoms with Gasteiger partial charge in [-0.25, -0.2) is 19.6 Å². The minimum absolute atomic E-state index is 0.0309. The second-order valence-corrected chi connectivity index (χ2v) is 8.11. The Morgan fingerprint density at radius 1 is 1.03 bits per heavy atom. The third kappa shape index (κ3) is 9.41. The first-order valence-corrected chi connectivity index (χ1v) is 11.0. The van der Waals surface area contributed by atoms with Crippen LogP contribution in [0.1, 0.15) is 18.4 Å². The largest absolute Gasteiger partial charge is 0.490 e. The van der Waals surface area contributed by atoms with Crippen molar-refractivity contribution in [3.05, 3.63) is 48.5 Å². The first-order valence-electron chi connectivity index (χ1n) is 11.0. The molecule has 0 radical (unpaired) electrons. The number of hydrogen-bond donors (Lipinski definition) is 2. The molecule has 2 N–H and O–H groups in total. The highest BCUT2D eigenvalue weighted by atomic mass is 19.4. The minimum Gasteiger partial charge on any atom is -0.475 e. The van der Waals surface area contributed by atoms with Gasteiger partial charge >= 0.3 is 24.3 Å². The van der Waals surface area contributed by atoms with Gasteiger partial charge in [-0.2, -0.15) is 26.3 Å². The first kappa shape index (κ1) is 30.7. The van der Waals surface area contributed by atoms with Crippen LogP contribution in [0.2, 0.25) is 0 Å². The summed E-state index contributed by atoms with van der Waals surface area (Å²) in [6.45, 7) is 3.98. The van der Waals surface area contributed by atoms with E-state index in [4.69, 9.17) is 29.3 Å². The highest BCUT2D eigenvalue weighted by Gasteiger charge is 2.53. The molecule has 0 aromatic carbocycles. The Labute approximate surface area is 212 Å². The SMILES string of the molecule is O=C(O)C(F)(F)F.O=C(O)C(F)(F)F.c1cnc(N2CC3(C2)OCCC3CCOCc2cccnc2)nc1. The summed E-state index contributed by atoms with van der Waals surface area (Å²) in [5, 5.41) is 14.2. The van der Waals surface area contributed by atoms with Crippen molar-refractivity contribution in [2.75, 3.05) is 31.2 Å². The Balaban J connectivity index is 0.000000301. The Morgan fingerprint density at radius 3 is 2.11 bits per heavy atom. The lowest BCUT2D eigenvalue weighted by molar-refractivity contribution is -0.193. The quantitative estimate of drug-likeness (QED) is 0.404. The zero-order valence-corrected chi connectivity index (χ0v) is 19.7. The van der Waals surface area contributed by atoms with Gasteiger partial charge in [0.05, 0.1) is 19.7 Å². The number of rotatable bonds is 6. The smallest absolute Gasteiger partial charge is 0.475 e. The third-order valence-corrected chi connectivity index (χ3v) is 5.44. The summed E-state index contributed by atoms with van der Waals surface area (Å²) in [4.78, 5) is 32.7. The van der Waals surface area contributed by atoms with Crippen LogP contribution >= 0.6 is 0 Å². The summed E-state index contributed by atoms with van der Waals surface area (Å²) >= 11 is 0. The van der Waals surface area contributed by atoms with Gasteiger partial charge in [0.25, 0.3) is 0 Å². The molecule has 1 unspecified atom stereocenters. The van der Waals surface area contributed by atoms with Gasteiger partial charge < -0.3 is 24.6 Å². The molecule has 2 aliphatic rings. The Kier molecular flexibility index (Phi) is 10.8.